The summed E-state index contributed by atoms with van der Waals surface area (Å²) in [5, 5.41) is 8.13. The van der Waals surface area contributed by atoms with Crippen LogP contribution in [0.1, 0.15) is 35.2 Å². The van der Waals surface area contributed by atoms with E-state index in [9.17, 15) is 0 Å². The fraction of sp³-hybridized carbons (Fsp3) is 0.385. The van der Waals surface area contributed by atoms with E-state index in [0.29, 0.717) is 11.8 Å². The standard InChI is InChI=1S/C13H15BrN2O/c1-4-11(14)13-16-15-12(17-13)10-6-5-8(2)9(3)7-10/h5-7,11H,4H2,1-3H3. The quantitative estimate of drug-likeness (QED) is 0.797. The monoisotopic (exact) mass is 294 g/mol. The third-order valence-electron chi connectivity index (χ3n) is 2.82. The fourth-order valence-corrected chi connectivity index (χ4v) is 1.71. The van der Waals surface area contributed by atoms with Gasteiger partial charge in [0, 0.05) is 5.56 Å². The van der Waals surface area contributed by atoms with E-state index >= 15 is 0 Å². The summed E-state index contributed by atoms with van der Waals surface area (Å²) >= 11 is 3.50. The van der Waals surface area contributed by atoms with Crippen LogP contribution >= 0.6 is 15.9 Å². The van der Waals surface area contributed by atoms with Crippen molar-refractivity contribution >= 4 is 15.9 Å². The van der Waals surface area contributed by atoms with Gasteiger partial charge in [0.25, 0.3) is 0 Å². The number of halogens is 1. The molecule has 90 valence electrons. The maximum Gasteiger partial charge on any atom is 0.247 e. The van der Waals surface area contributed by atoms with Crippen LogP contribution in [0.5, 0.6) is 0 Å². The SMILES string of the molecule is CCC(Br)c1nnc(-c2ccc(C)c(C)c2)o1. The van der Waals surface area contributed by atoms with Gasteiger partial charge in [0.2, 0.25) is 11.8 Å². The van der Waals surface area contributed by atoms with Crippen molar-refractivity contribution in [2.75, 3.05) is 0 Å². The predicted octanol–water partition coefficient (Wildman–Crippen LogP) is 4.20. The third-order valence-corrected chi connectivity index (χ3v) is 3.86. The molecule has 1 heterocycles. The highest BCUT2D eigenvalue weighted by atomic mass is 79.9. The molecule has 1 aromatic carbocycles. The van der Waals surface area contributed by atoms with Crippen LogP contribution in [0.2, 0.25) is 0 Å². The summed E-state index contributed by atoms with van der Waals surface area (Å²) in [5.41, 5.74) is 3.47. The van der Waals surface area contributed by atoms with E-state index in [1.165, 1.54) is 11.1 Å². The molecule has 0 N–H and O–H groups in total. The molecule has 1 atom stereocenters. The van der Waals surface area contributed by atoms with Crippen molar-refractivity contribution in [2.45, 2.75) is 32.0 Å². The summed E-state index contributed by atoms with van der Waals surface area (Å²) in [6, 6.07) is 6.15. The first-order valence-electron chi connectivity index (χ1n) is 5.67. The molecule has 0 aliphatic carbocycles. The molecule has 1 unspecified atom stereocenters. The van der Waals surface area contributed by atoms with E-state index < -0.39 is 0 Å². The van der Waals surface area contributed by atoms with E-state index in [2.05, 4.69) is 59.0 Å². The van der Waals surface area contributed by atoms with Gasteiger partial charge < -0.3 is 4.42 Å². The summed E-state index contributed by atoms with van der Waals surface area (Å²) in [7, 11) is 0. The van der Waals surface area contributed by atoms with Crippen LogP contribution < -0.4 is 0 Å². The van der Waals surface area contributed by atoms with E-state index in [0.717, 1.165) is 12.0 Å². The fourth-order valence-electron chi connectivity index (χ4n) is 1.53. The number of hydrogen-bond donors (Lipinski definition) is 0. The molecule has 0 radical (unpaired) electrons. The molecule has 0 saturated carbocycles. The maximum atomic E-state index is 5.65. The van der Waals surface area contributed by atoms with E-state index in [1.54, 1.807) is 0 Å². The zero-order valence-corrected chi connectivity index (χ0v) is 11.8. The molecule has 1 aromatic heterocycles. The average molecular weight is 295 g/mol. The van der Waals surface area contributed by atoms with Crippen molar-refractivity contribution in [3.8, 4) is 11.5 Å². The molecule has 2 aromatic rings. The molecule has 0 aliphatic rings. The number of alkyl halides is 1. The maximum absolute atomic E-state index is 5.65. The van der Waals surface area contributed by atoms with Crippen molar-refractivity contribution in [2.24, 2.45) is 0 Å². The Hall–Kier alpha value is -1.16. The number of rotatable bonds is 3. The minimum atomic E-state index is 0.135. The van der Waals surface area contributed by atoms with E-state index in [-0.39, 0.29) is 4.83 Å². The first kappa shape index (κ1) is 12.3. The molecule has 0 fully saturated rings. The van der Waals surface area contributed by atoms with Gasteiger partial charge in [-0.05, 0) is 43.5 Å². The van der Waals surface area contributed by atoms with Gasteiger partial charge in [-0.3, -0.25) is 0 Å². The van der Waals surface area contributed by atoms with Crippen molar-refractivity contribution in [3.05, 3.63) is 35.2 Å². The van der Waals surface area contributed by atoms with Crippen LogP contribution in [0.25, 0.3) is 11.5 Å². The smallest absolute Gasteiger partial charge is 0.247 e. The number of benzene rings is 1. The van der Waals surface area contributed by atoms with E-state index in [4.69, 9.17) is 4.42 Å². The highest BCUT2D eigenvalue weighted by Crippen LogP contribution is 2.28. The normalized spacial score (nSPS) is 12.7. The summed E-state index contributed by atoms with van der Waals surface area (Å²) < 4.78 is 5.65. The molecular weight excluding hydrogens is 280 g/mol. The molecule has 0 bridgehead atoms. The van der Waals surface area contributed by atoms with E-state index in [1.807, 2.05) is 6.07 Å². The molecule has 0 saturated heterocycles. The minimum absolute atomic E-state index is 0.135. The first-order chi connectivity index (χ1) is 8.11. The molecule has 0 aliphatic heterocycles. The molecular formula is C13H15BrN2O. The lowest BCUT2D eigenvalue weighted by Crippen LogP contribution is -1.86. The van der Waals surface area contributed by atoms with Crippen LogP contribution in [0.15, 0.2) is 22.6 Å². The van der Waals surface area contributed by atoms with Gasteiger partial charge in [0.05, 0.1) is 4.83 Å². The van der Waals surface area contributed by atoms with Gasteiger partial charge in [0.15, 0.2) is 0 Å². The van der Waals surface area contributed by atoms with Crippen LogP contribution in [0.3, 0.4) is 0 Å². The molecule has 0 spiro atoms. The van der Waals surface area contributed by atoms with Gasteiger partial charge in [-0.2, -0.15) is 0 Å². The minimum Gasteiger partial charge on any atom is -0.419 e. The molecule has 0 amide bonds. The lowest BCUT2D eigenvalue weighted by Gasteiger charge is -2.01. The predicted molar refractivity (Wildman–Crippen MR) is 71.2 cm³/mol. The van der Waals surface area contributed by atoms with Crippen LogP contribution in [0.4, 0.5) is 0 Å². The van der Waals surface area contributed by atoms with Crippen molar-refractivity contribution < 1.29 is 4.42 Å². The Labute approximate surface area is 109 Å². The third kappa shape index (κ3) is 2.57. The van der Waals surface area contributed by atoms with Gasteiger partial charge in [-0.1, -0.05) is 28.9 Å². The second-order valence-corrected chi connectivity index (χ2v) is 5.23. The summed E-state index contributed by atoms with van der Waals surface area (Å²) in [5.74, 6) is 1.22. The zero-order valence-electron chi connectivity index (χ0n) is 10.2. The highest BCUT2D eigenvalue weighted by Gasteiger charge is 2.14. The molecule has 4 heteroatoms. The van der Waals surface area contributed by atoms with Crippen LogP contribution in [0, 0.1) is 13.8 Å². The lowest BCUT2D eigenvalue weighted by molar-refractivity contribution is 0.500. The first-order valence-corrected chi connectivity index (χ1v) is 6.58. The van der Waals surface area contributed by atoms with Crippen molar-refractivity contribution in [1.29, 1.82) is 0 Å². The molecule has 17 heavy (non-hydrogen) atoms. The topological polar surface area (TPSA) is 38.9 Å². The zero-order chi connectivity index (χ0) is 12.4. The number of nitrogens with zero attached hydrogens (tertiary/aromatic N) is 2. The Morgan fingerprint density at radius 3 is 2.65 bits per heavy atom. The Morgan fingerprint density at radius 2 is 2.00 bits per heavy atom. The summed E-state index contributed by atoms with van der Waals surface area (Å²) in [4.78, 5) is 0.135. The van der Waals surface area contributed by atoms with Gasteiger partial charge in [-0.25, -0.2) is 0 Å². The number of aryl methyl sites for hydroxylation is 2. The van der Waals surface area contributed by atoms with Gasteiger partial charge in [0.1, 0.15) is 0 Å². The Morgan fingerprint density at radius 1 is 1.24 bits per heavy atom. The average Bonchev–Trinajstić information content (AvgIpc) is 2.81. The van der Waals surface area contributed by atoms with Crippen molar-refractivity contribution in [1.82, 2.24) is 10.2 Å². The van der Waals surface area contributed by atoms with Crippen molar-refractivity contribution in [3.63, 3.8) is 0 Å². The summed E-state index contributed by atoms with van der Waals surface area (Å²) in [6.45, 7) is 6.23. The Bertz CT molecular complexity index is 522. The lowest BCUT2D eigenvalue weighted by atomic mass is 10.1. The van der Waals surface area contributed by atoms with Crippen LogP contribution in [-0.2, 0) is 0 Å². The Kier molecular flexibility index (Phi) is 3.62. The largest absolute Gasteiger partial charge is 0.419 e. The number of aromatic nitrogens is 2. The van der Waals surface area contributed by atoms with Gasteiger partial charge in [-0.15, -0.1) is 10.2 Å². The van der Waals surface area contributed by atoms with Gasteiger partial charge >= 0.3 is 0 Å². The Balaban J connectivity index is 2.33. The van der Waals surface area contributed by atoms with Crippen LogP contribution in [-0.4, -0.2) is 10.2 Å². The summed E-state index contributed by atoms with van der Waals surface area (Å²) in [6.07, 6.45) is 0.925. The second-order valence-electron chi connectivity index (χ2n) is 4.12. The number of hydrogen-bond acceptors (Lipinski definition) is 3. The molecule has 3 nitrogen and oxygen atoms in total. The highest BCUT2D eigenvalue weighted by molar-refractivity contribution is 9.09. The second kappa shape index (κ2) is 5.00. The molecule has 2 rings (SSSR count).